The van der Waals surface area contributed by atoms with Crippen LogP contribution in [0.15, 0.2) is 0 Å². The van der Waals surface area contributed by atoms with Gasteiger partial charge in [-0.2, -0.15) is 0 Å². The minimum absolute atomic E-state index is 0.238. The lowest BCUT2D eigenvalue weighted by Gasteiger charge is -2.34. The first-order valence-electron chi connectivity index (χ1n) is 8.22. The maximum atomic E-state index is 6.02. The molecule has 2 atom stereocenters. The van der Waals surface area contributed by atoms with E-state index < -0.39 is 0 Å². The summed E-state index contributed by atoms with van der Waals surface area (Å²) in [5.41, 5.74) is 1.37. The van der Waals surface area contributed by atoms with Gasteiger partial charge in [0.05, 0.1) is 5.69 Å². The largest absolute Gasteiger partial charge is 0.368 e. The van der Waals surface area contributed by atoms with Gasteiger partial charge in [-0.15, -0.1) is 11.3 Å². The highest BCUT2D eigenvalue weighted by Gasteiger charge is 2.38. The zero-order chi connectivity index (χ0) is 15.7. The van der Waals surface area contributed by atoms with Crippen molar-refractivity contribution >= 4 is 11.3 Å². The molecule has 1 aliphatic rings. The summed E-state index contributed by atoms with van der Waals surface area (Å²) in [4.78, 5) is 6.43. The minimum Gasteiger partial charge on any atom is -0.368 e. The fraction of sp³-hybridized carbons (Fsp3) is 0.824. The lowest BCUT2D eigenvalue weighted by Crippen LogP contribution is -2.32. The van der Waals surface area contributed by atoms with Crippen LogP contribution in [0.4, 0.5) is 0 Å². The number of rotatable bonds is 6. The van der Waals surface area contributed by atoms with E-state index >= 15 is 0 Å². The molecule has 21 heavy (non-hydrogen) atoms. The lowest BCUT2D eigenvalue weighted by atomic mass is 9.76. The Morgan fingerprint density at radius 1 is 1.38 bits per heavy atom. The minimum atomic E-state index is -0.238. The van der Waals surface area contributed by atoms with Crippen LogP contribution in [-0.2, 0) is 16.8 Å². The van der Waals surface area contributed by atoms with Gasteiger partial charge in [-0.3, -0.25) is 0 Å². The molecule has 1 heterocycles. The van der Waals surface area contributed by atoms with Crippen LogP contribution in [0.2, 0.25) is 0 Å². The third-order valence-electron chi connectivity index (χ3n) is 4.49. The molecule has 0 saturated heterocycles. The lowest BCUT2D eigenvalue weighted by molar-refractivity contribution is -0.0325. The van der Waals surface area contributed by atoms with E-state index in [1.165, 1.54) is 17.0 Å². The van der Waals surface area contributed by atoms with Crippen LogP contribution < -0.4 is 5.32 Å². The van der Waals surface area contributed by atoms with Crippen molar-refractivity contribution in [3.05, 3.63) is 15.6 Å². The Morgan fingerprint density at radius 3 is 2.67 bits per heavy atom. The zero-order valence-corrected chi connectivity index (χ0v) is 15.2. The smallest absolute Gasteiger partial charge is 0.125 e. The maximum absolute atomic E-state index is 6.02. The predicted molar refractivity (Wildman–Crippen MR) is 89.9 cm³/mol. The first kappa shape index (κ1) is 16.9. The average Bonchev–Trinajstić information content (AvgIpc) is 2.82. The molecule has 1 aliphatic carbocycles. The summed E-state index contributed by atoms with van der Waals surface area (Å²) in [6, 6.07) is 0.447. The number of thiazole rings is 1. The van der Waals surface area contributed by atoms with Crippen LogP contribution in [0, 0.1) is 5.41 Å². The van der Waals surface area contributed by atoms with Crippen LogP contribution in [0.1, 0.15) is 76.0 Å². The molecule has 0 fully saturated rings. The van der Waals surface area contributed by atoms with E-state index in [1.807, 2.05) is 11.3 Å². The van der Waals surface area contributed by atoms with E-state index in [0.717, 1.165) is 31.0 Å². The Hall–Kier alpha value is -0.450. The first-order valence-corrected chi connectivity index (χ1v) is 9.04. The Labute approximate surface area is 133 Å². The van der Waals surface area contributed by atoms with Gasteiger partial charge < -0.3 is 10.1 Å². The molecule has 0 aliphatic heterocycles. The Bertz CT molecular complexity index is 483. The van der Waals surface area contributed by atoms with E-state index in [0.29, 0.717) is 11.5 Å². The second-order valence-electron chi connectivity index (χ2n) is 7.00. The molecular formula is C17H30N2OS. The molecule has 2 rings (SSSR count). The highest BCUT2D eigenvalue weighted by atomic mass is 32.1. The summed E-state index contributed by atoms with van der Waals surface area (Å²) in [7, 11) is 0. The van der Waals surface area contributed by atoms with Crippen molar-refractivity contribution in [1.82, 2.24) is 10.3 Å². The molecule has 1 N–H and O–H groups in total. The number of nitrogens with one attached hydrogen (secondary N) is 1. The Morgan fingerprint density at radius 2 is 2.10 bits per heavy atom. The fourth-order valence-corrected chi connectivity index (χ4v) is 4.53. The average molecular weight is 311 g/mol. The molecule has 2 unspecified atom stereocenters. The van der Waals surface area contributed by atoms with Gasteiger partial charge >= 0.3 is 0 Å². The third-order valence-corrected chi connectivity index (χ3v) is 5.94. The molecule has 0 aromatic carbocycles. The number of hydrogen-bond acceptors (Lipinski definition) is 4. The third kappa shape index (κ3) is 3.49. The van der Waals surface area contributed by atoms with E-state index in [-0.39, 0.29) is 5.60 Å². The van der Waals surface area contributed by atoms with Crippen LogP contribution in [0.5, 0.6) is 0 Å². The zero-order valence-electron chi connectivity index (χ0n) is 14.4. The highest BCUT2D eigenvalue weighted by molar-refractivity contribution is 7.12. The molecule has 0 bridgehead atoms. The highest BCUT2D eigenvalue weighted by Crippen LogP contribution is 2.45. The summed E-state index contributed by atoms with van der Waals surface area (Å²) in [6.07, 6.45) is 3.22. The number of ether oxygens (including phenoxy) is 1. The molecule has 0 spiro atoms. The van der Waals surface area contributed by atoms with Crippen LogP contribution in [-0.4, -0.2) is 18.1 Å². The summed E-state index contributed by atoms with van der Waals surface area (Å²) < 4.78 is 6.02. The number of hydrogen-bond donors (Lipinski definition) is 1. The fourth-order valence-electron chi connectivity index (χ4n) is 3.20. The molecule has 1 aromatic heterocycles. The predicted octanol–water partition coefficient (Wildman–Crippen LogP) is 4.43. The second kappa shape index (κ2) is 6.35. The van der Waals surface area contributed by atoms with Crippen molar-refractivity contribution in [3.63, 3.8) is 0 Å². The first-order chi connectivity index (χ1) is 9.85. The summed E-state index contributed by atoms with van der Waals surface area (Å²) in [6.45, 7) is 15.0. The molecule has 0 saturated carbocycles. The molecule has 4 heteroatoms. The van der Waals surface area contributed by atoms with Crippen LogP contribution >= 0.6 is 11.3 Å². The normalized spacial score (nSPS) is 23.6. The van der Waals surface area contributed by atoms with Gasteiger partial charge in [0.2, 0.25) is 0 Å². The van der Waals surface area contributed by atoms with E-state index in [1.54, 1.807) is 0 Å². The van der Waals surface area contributed by atoms with Crippen molar-refractivity contribution < 1.29 is 4.74 Å². The molecule has 1 aromatic rings. The van der Waals surface area contributed by atoms with Crippen molar-refractivity contribution in [2.45, 2.75) is 72.4 Å². The number of aromatic nitrogens is 1. The SMILES string of the molecule is CCNC1CC(C)(C)Cc2nc(C(C)(CC)OCC)sc21. The van der Waals surface area contributed by atoms with Gasteiger partial charge in [-0.1, -0.05) is 27.7 Å². The van der Waals surface area contributed by atoms with Crippen LogP contribution in [0.25, 0.3) is 0 Å². The van der Waals surface area contributed by atoms with Crippen LogP contribution in [0.3, 0.4) is 0 Å². The standard InChI is InChI=1S/C17H30N2OS/c1-7-17(6,20-9-3)15-19-13-11-16(4,5)10-12(18-8-2)14(13)21-15/h12,18H,7-11H2,1-6H3. The van der Waals surface area contributed by atoms with Gasteiger partial charge in [0, 0.05) is 17.5 Å². The Kier molecular flexibility index (Phi) is 5.11. The van der Waals surface area contributed by atoms with Gasteiger partial charge in [0.15, 0.2) is 0 Å². The van der Waals surface area contributed by atoms with Crippen molar-refractivity contribution in [3.8, 4) is 0 Å². The quantitative estimate of drug-likeness (QED) is 0.844. The van der Waals surface area contributed by atoms with E-state index in [9.17, 15) is 0 Å². The van der Waals surface area contributed by atoms with Crippen molar-refractivity contribution in [2.75, 3.05) is 13.2 Å². The summed E-state index contributed by atoms with van der Waals surface area (Å²) >= 11 is 1.86. The molecule has 120 valence electrons. The molecule has 0 radical (unpaired) electrons. The second-order valence-corrected chi connectivity index (χ2v) is 8.03. The van der Waals surface area contributed by atoms with Gasteiger partial charge in [-0.25, -0.2) is 4.98 Å². The van der Waals surface area contributed by atoms with Gasteiger partial charge in [0.1, 0.15) is 10.6 Å². The van der Waals surface area contributed by atoms with Gasteiger partial charge in [-0.05, 0) is 45.1 Å². The van der Waals surface area contributed by atoms with E-state index in [2.05, 4.69) is 46.9 Å². The topological polar surface area (TPSA) is 34.2 Å². The summed E-state index contributed by atoms with van der Waals surface area (Å²) in [5, 5.41) is 4.79. The Balaban J connectivity index is 2.38. The molecule has 3 nitrogen and oxygen atoms in total. The van der Waals surface area contributed by atoms with E-state index in [4.69, 9.17) is 9.72 Å². The molecular weight excluding hydrogens is 280 g/mol. The monoisotopic (exact) mass is 310 g/mol. The number of fused-ring (bicyclic) bond motifs is 1. The summed E-state index contributed by atoms with van der Waals surface area (Å²) in [5.74, 6) is 0. The van der Waals surface area contributed by atoms with Gasteiger partial charge in [0.25, 0.3) is 0 Å². The maximum Gasteiger partial charge on any atom is 0.125 e. The molecule has 0 amide bonds. The van der Waals surface area contributed by atoms with Crippen molar-refractivity contribution in [1.29, 1.82) is 0 Å². The van der Waals surface area contributed by atoms with Crippen molar-refractivity contribution in [2.24, 2.45) is 5.41 Å². The number of nitrogens with zero attached hydrogens (tertiary/aromatic N) is 1.